The molecule has 3 rings (SSSR count). The fourth-order valence-electron chi connectivity index (χ4n) is 3.25. The monoisotopic (exact) mass is 339 g/mol. The number of rotatable bonds is 5. The van der Waals surface area contributed by atoms with Crippen molar-refractivity contribution in [1.29, 1.82) is 0 Å². The van der Waals surface area contributed by atoms with Crippen LogP contribution >= 0.6 is 0 Å². The van der Waals surface area contributed by atoms with Crippen LogP contribution in [0.4, 0.5) is 4.79 Å². The fourth-order valence-corrected chi connectivity index (χ4v) is 3.25. The Morgan fingerprint density at radius 1 is 1.36 bits per heavy atom. The number of para-hydroxylation sites is 1. The normalized spacial score (nSPS) is 12.3. The first-order valence-electron chi connectivity index (χ1n) is 8.55. The quantitative estimate of drug-likeness (QED) is 0.668. The Morgan fingerprint density at radius 3 is 2.88 bits per heavy atom. The maximum Gasteiger partial charge on any atom is 0.315 e. The van der Waals surface area contributed by atoms with Gasteiger partial charge in [0.2, 0.25) is 0 Å². The number of nitrogens with one attached hydrogen (secondary N) is 3. The molecule has 0 aliphatic carbocycles. The second kappa shape index (κ2) is 7.01. The fraction of sp³-hybridized carbons (Fsp3) is 0.368. The number of H-pyrrole nitrogens is 1. The topological polar surface area (TPSA) is 74.7 Å². The van der Waals surface area contributed by atoms with Crippen molar-refractivity contribution in [2.75, 3.05) is 6.54 Å². The highest BCUT2D eigenvalue weighted by Crippen LogP contribution is 2.21. The van der Waals surface area contributed by atoms with Gasteiger partial charge in [0.15, 0.2) is 0 Å². The molecule has 3 N–H and O–H groups in total. The number of carbonyl (C=O) groups excluding carboxylic acids is 1. The molecule has 0 radical (unpaired) electrons. The molecule has 0 saturated heterocycles. The van der Waals surface area contributed by atoms with Crippen LogP contribution in [0.1, 0.15) is 35.3 Å². The lowest BCUT2D eigenvalue weighted by molar-refractivity contribution is 0.238. The molecule has 0 saturated carbocycles. The lowest BCUT2D eigenvalue weighted by Crippen LogP contribution is -2.38. The van der Waals surface area contributed by atoms with Crippen molar-refractivity contribution < 1.29 is 4.79 Å². The summed E-state index contributed by atoms with van der Waals surface area (Å²) in [5.74, 6) is 0. The van der Waals surface area contributed by atoms with Gasteiger partial charge in [0.05, 0.1) is 11.7 Å². The highest BCUT2D eigenvalue weighted by atomic mass is 16.2. The van der Waals surface area contributed by atoms with Gasteiger partial charge >= 0.3 is 6.03 Å². The second-order valence-corrected chi connectivity index (χ2v) is 6.53. The number of aromatic nitrogens is 3. The first-order valence-corrected chi connectivity index (χ1v) is 8.55. The second-order valence-electron chi connectivity index (χ2n) is 6.53. The summed E-state index contributed by atoms with van der Waals surface area (Å²) >= 11 is 0. The minimum absolute atomic E-state index is 0.0792. The molecule has 3 aromatic rings. The summed E-state index contributed by atoms with van der Waals surface area (Å²) in [5, 5.41) is 11.4. The molecule has 2 aromatic heterocycles. The van der Waals surface area contributed by atoms with Crippen molar-refractivity contribution in [3.63, 3.8) is 0 Å². The molecular formula is C19H25N5O. The standard InChI is InChI=1S/C19H25N5O/c1-12-6-5-7-16-15(10-21-18(12)16)8-9-20-19(25)22-13(2)17-11-24(4)23-14(17)3/h5-7,10-11,13,21H,8-9H2,1-4H3,(H2,20,22,25)/t13-/m1/s1. The summed E-state index contributed by atoms with van der Waals surface area (Å²) in [6, 6.07) is 6.03. The molecule has 0 aliphatic heterocycles. The molecule has 6 heteroatoms. The number of carbonyl (C=O) groups is 1. The minimum atomic E-state index is -0.160. The van der Waals surface area contributed by atoms with E-state index in [1.807, 2.05) is 33.3 Å². The molecule has 25 heavy (non-hydrogen) atoms. The Balaban J connectivity index is 1.54. The predicted molar refractivity (Wildman–Crippen MR) is 99.6 cm³/mol. The van der Waals surface area contributed by atoms with Crippen LogP contribution in [-0.2, 0) is 13.5 Å². The third kappa shape index (κ3) is 3.68. The number of urea groups is 1. The Morgan fingerprint density at radius 2 is 2.16 bits per heavy atom. The molecular weight excluding hydrogens is 314 g/mol. The van der Waals surface area contributed by atoms with E-state index in [2.05, 4.69) is 45.8 Å². The van der Waals surface area contributed by atoms with Gasteiger partial charge in [-0.2, -0.15) is 5.10 Å². The maximum atomic E-state index is 12.1. The third-order valence-electron chi connectivity index (χ3n) is 4.55. The smallest absolute Gasteiger partial charge is 0.315 e. The largest absolute Gasteiger partial charge is 0.361 e. The Labute approximate surface area is 147 Å². The van der Waals surface area contributed by atoms with Crippen LogP contribution in [0, 0.1) is 13.8 Å². The number of amides is 2. The zero-order valence-electron chi connectivity index (χ0n) is 15.2. The van der Waals surface area contributed by atoms with Gasteiger partial charge in [-0.3, -0.25) is 4.68 Å². The molecule has 1 aromatic carbocycles. The summed E-state index contributed by atoms with van der Waals surface area (Å²) < 4.78 is 1.76. The average molecular weight is 339 g/mol. The number of nitrogens with zero attached hydrogens (tertiary/aromatic N) is 2. The number of hydrogen-bond acceptors (Lipinski definition) is 2. The van der Waals surface area contributed by atoms with E-state index in [0.717, 1.165) is 17.7 Å². The SMILES string of the molecule is Cc1nn(C)cc1[C@@H](C)NC(=O)NCCc1c[nH]c2c(C)cccc12. The van der Waals surface area contributed by atoms with Crippen LogP contribution in [0.3, 0.4) is 0 Å². The van der Waals surface area contributed by atoms with E-state index >= 15 is 0 Å². The van der Waals surface area contributed by atoms with E-state index in [0.29, 0.717) is 6.54 Å². The van der Waals surface area contributed by atoms with Crippen LogP contribution < -0.4 is 10.6 Å². The van der Waals surface area contributed by atoms with Gasteiger partial charge in [0, 0.05) is 42.5 Å². The lowest BCUT2D eigenvalue weighted by Gasteiger charge is -2.14. The van der Waals surface area contributed by atoms with Gasteiger partial charge in [-0.05, 0) is 38.3 Å². The average Bonchev–Trinajstić information content (AvgIpc) is 3.11. The number of aromatic amines is 1. The van der Waals surface area contributed by atoms with E-state index in [-0.39, 0.29) is 12.1 Å². The van der Waals surface area contributed by atoms with E-state index in [9.17, 15) is 4.79 Å². The van der Waals surface area contributed by atoms with Crippen LogP contribution in [0.5, 0.6) is 0 Å². The summed E-state index contributed by atoms with van der Waals surface area (Å²) in [6.45, 7) is 6.60. The van der Waals surface area contributed by atoms with E-state index in [1.54, 1.807) is 4.68 Å². The number of hydrogen-bond donors (Lipinski definition) is 3. The number of aryl methyl sites for hydroxylation is 3. The summed E-state index contributed by atoms with van der Waals surface area (Å²) in [5.41, 5.74) is 5.59. The van der Waals surface area contributed by atoms with Gasteiger partial charge in [-0.1, -0.05) is 18.2 Å². The Bertz CT molecular complexity index is 892. The van der Waals surface area contributed by atoms with Crippen LogP contribution in [0.2, 0.25) is 0 Å². The molecule has 2 amide bonds. The van der Waals surface area contributed by atoms with Crippen molar-refractivity contribution in [2.45, 2.75) is 33.2 Å². The molecule has 0 aliphatic rings. The summed E-state index contributed by atoms with van der Waals surface area (Å²) in [7, 11) is 1.88. The number of fused-ring (bicyclic) bond motifs is 1. The van der Waals surface area contributed by atoms with Crippen molar-refractivity contribution in [2.24, 2.45) is 7.05 Å². The molecule has 0 bridgehead atoms. The van der Waals surface area contributed by atoms with Crippen molar-refractivity contribution in [3.8, 4) is 0 Å². The molecule has 1 atom stereocenters. The van der Waals surface area contributed by atoms with Crippen molar-refractivity contribution in [1.82, 2.24) is 25.4 Å². The van der Waals surface area contributed by atoms with Gasteiger partial charge in [0.1, 0.15) is 0 Å². The lowest BCUT2D eigenvalue weighted by atomic mass is 10.1. The molecule has 6 nitrogen and oxygen atoms in total. The van der Waals surface area contributed by atoms with Gasteiger partial charge < -0.3 is 15.6 Å². The molecule has 0 unspecified atom stereocenters. The summed E-state index contributed by atoms with van der Waals surface area (Å²) in [4.78, 5) is 15.5. The van der Waals surface area contributed by atoms with Crippen molar-refractivity contribution in [3.05, 3.63) is 53.0 Å². The van der Waals surface area contributed by atoms with Gasteiger partial charge in [0.25, 0.3) is 0 Å². The zero-order chi connectivity index (χ0) is 18.0. The van der Waals surface area contributed by atoms with E-state index in [4.69, 9.17) is 0 Å². The van der Waals surface area contributed by atoms with E-state index in [1.165, 1.54) is 22.0 Å². The Kier molecular flexibility index (Phi) is 4.79. The highest BCUT2D eigenvalue weighted by molar-refractivity contribution is 5.86. The maximum absolute atomic E-state index is 12.1. The Hall–Kier alpha value is -2.76. The first-order chi connectivity index (χ1) is 12.0. The van der Waals surface area contributed by atoms with Gasteiger partial charge in [-0.15, -0.1) is 0 Å². The minimum Gasteiger partial charge on any atom is -0.361 e. The molecule has 2 heterocycles. The predicted octanol–water partition coefficient (Wildman–Crippen LogP) is 3.12. The third-order valence-corrected chi connectivity index (χ3v) is 4.55. The van der Waals surface area contributed by atoms with Crippen LogP contribution in [-0.4, -0.2) is 27.3 Å². The first kappa shape index (κ1) is 17.1. The molecule has 0 spiro atoms. The van der Waals surface area contributed by atoms with Crippen molar-refractivity contribution >= 4 is 16.9 Å². The van der Waals surface area contributed by atoms with Gasteiger partial charge in [-0.25, -0.2) is 4.79 Å². The van der Waals surface area contributed by atoms with Crippen LogP contribution in [0.15, 0.2) is 30.6 Å². The molecule has 132 valence electrons. The van der Waals surface area contributed by atoms with E-state index < -0.39 is 0 Å². The van der Waals surface area contributed by atoms with Crippen LogP contribution in [0.25, 0.3) is 10.9 Å². The zero-order valence-corrected chi connectivity index (χ0v) is 15.2. The highest BCUT2D eigenvalue weighted by Gasteiger charge is 2.14. The molecule has 0 fully saturated rings. The number of benzene rings is 1. The summed E-state index contributed by atoms with van der Waals surface area (Å²) in [6.07, 6.45) is 4.75.